The normalized spacial score (nSPS) is 12.7. The van der Waals surface area contributed by atoms with Crippen molar-refractivity contribution < 1.29 is 5.11 Å². The zero-order valence-corrected chi connectivity index (χ0v) is 14.2. The molecule has 0 fully saturated rings. The van der Waals surface area contributed by atoms with Gasteiger partial charge in [-0.25, -0.2) is 0 Å². The number of halogens is 2. The van der Waals surface area contributed by atoms with Gasteiger partial charge < -0.3 is 5.11 Å². The largest absolute Gasteiger partial charge is 0.388 e. The smallest absolute Gasteiger partial charge is 0.0860 e. The van der Waals surface area contributed by atoms with E-state index in [1.807, 2.05) is 43.7 Å². The van der Waals surface area contributed by atoms with Crippen LogP contribution in [0.5, 0.6) is 0 Å². The summed E-state index contributed by atoms with van der Waals surface area (Å²) in [4.78, 5) is 0. The van der Waals surface area contributed by atoms with Gasteiger partial charge in [-0.15, -0.1) is 0 Å². The zero-order valence-electron chi connectivity index (χ0n) is 11.8. The van der Waals surface area contributed by atoms with Crippen molar-refractivity contribution in [3.63, 3.8) is 0 Å². The third-order valence-corrected chi connectivity index (χ3v) is 4.97. The number of aromatic nitrogens is 2. The fourth-order valence-corrected chi connectivity index (χ4v) is 2.98. The van der Waals surface area contributed by atoms with Crippen LogP contribution in [-0.4, -0.2) is 14.9 Å². The van der Waals surface area contributed by atoms with E-state index in [1.165, 1.54) is 0 Å². The van der Waals surface area contributed by atoms with Gasteiger partial charge in [-0.05, 0) is 47.8 Å². The van der Waals surface area contributed by atoms with Crippen LogP contribution in [0.4, 0.5) is 0 Å². The second kappa shape index (κ2) is 6.29. The van der Waals surface area contributed by atoms with Crippen LogP contribution in [0.25, 0.3) is 0 Å². The summed E-state index contributed by atoms with van der Waals surface area (Å²) in [6.45, 7) is 6.70. The summed E-state index contributed by atoms with van der Waals surface area (Å²) in [5.41, 5.74) is 3.67. The van der Waals surface area contributed by atoms with Crippen molar-refractivity contribution >= 4 is 27.5 Å². The van der Waals surface area contributed by atoms with E-state index in [0.29, 0.717) is 11.4 Å². The van der Waals surface area contributed by atoms with Crippen molar-refractivity contribution in [1.82, 2.24) is 9.78 Å². The molecule has 2 rings (SSSR count). The van der Waals surface area contributed by atoms with Gasteiger partial charge in [0.25, 0.3) is 0 Å². The molecule has 1 aromatic carbocycles. The fraction of sp³-hybridized carbons (Fsp3) is 0.400. The van der Waals surface area contributed by atoms with E-state index in [1.54, 1.807) is 0 Å². The lowest BCUT2D eigenvalue weighted by Crippen LogP contribution is -2.09. The minimum Gasteiger partial charge on any atom is -0.388 e. The Kier molecular flexibility index (Phi) is 4.89. The molecular formula is C15H18BrClN2O. The lowest BCUT2D eigenvalue weighted by molar-refractivity contribution is 0.175. The first-order valence-corrected chi connectivity index (χ1v) is 7.77. The van der Waals surface area contributed by atoms with Crippen LogP contribution < -0.4 is 0 Å². The first-order valence-electron chi connectivity index (χ1n) is 6.60. The zero-order chi connectivity index (χ0) is 14.9. The fourth-order valence-electron chi connectivity index (χ4n) is 2.28. The molecule has 0 saturated carbocycles. The van der Waals surface area contributed by atoms with E-state index in [-0.39, 0.29) is 0 Å². The first-order chi connectivity index (χ1) is 9.45. The summed E-state index contributed by atoms with van der Waals surface area (Å²) < 4.78 is 2.87. The first kappa shape index (κ1) is 15.5. The van der Waals surface area contributed by atoms with Crippen LogP contribution in [0.1, 0.15) is 35.5 Å². The lowest BCUT2D eigenvalue weighted by atomic mass is 10.0. The van der Waals surface area contributed by atoms with Crippen LogP contribution in [0.15, 0.2) is 22.7 Å². The maximum Gasteiger partial charge on any atom is 0.0860 e. The van der Waals surface area contributed by atoms with Gasteiger partial charge in [0.15, 0.2) is 0 Å². The minimum atomic E-state index is -0.639. The Bertz CT molecular complexity index is 625. The average molecular weight is 358 g/mol. The molecule has 0 aliphatic rings. The van der Waals surface area contributed by atoms with Crippen LogP contribution >= 0.6 is 27.5 Å². The molecule has 0 aliphatic carbocycles. The number of rotatable bonds is 4. The standard InChI is InChI=1S/C15H18BrClN2O/c1-4-19-12(14(16)10(3)18-19)8-13(20)11-7-5-6-9(2)15(11)17/h5-7,13,20H,4,8H2,1-3H3. The molecule has 0 aliphatic heterocycles. The summed E-state index contributed by atoms with van der Waals surface area (Å²) in [5, 5.41) is 15.6. The van der Waals surface area contributed by atoms with E-state index in [4.69, 9.17) is 11.6 Å². The Morgan fingerprint density at radius 2 is 2.10 bits per heavy atom. The molecule has 1 N–H and O–H groups in total. The van der Waals surface area contributed by atoms with Gasteiger partial charge in [-0.2, -0.15) is 5.10 Å². The van der Waals surface area contributed by atoms with Gasteiger partial charge >= 0.3 is 0 Å². The molecule has 108 valence electrons. The highest BCUT2D eigenvalue weighted by Crippen LogP contribution is 2.31. The van der Waals surface area contributed by atoms with Crippen LogP contribution in [0, 0.1) is 13.8 Å². The Labute approximate surface area is 132 Å². The summed E-state index contributed by atoms with van der Waals surface area (Å²) in [6.07, 6.45) is -0.154. The van der Waals surface area contributed by atoms with Crippen LogP contribution in [-0.2, 0) is 13.0 Å². The van der Waals surface area contributed by atoms with E-state index in [0.717, 1.165) is 33.5 Å². The van der Waals surface area contributed by atoms with Crippen molar-refractivity contribution in [1.29, 1.82) is 0 Å². The predicted molar refractivity (Wildman–Crippen MR) is 85.2 cm³/mol. The molecule has 0 saturated heterocycles. The number of aliphatic hydroxyl groups is 1. The third-order valence-electron chi connectivity index (χ3n) is 3.42. The topological polar surface area (TPSA) is 38.0 Å². The summed E-state index contributed by atoms with van der Waals surface area (Å²) in [7, 11) is 0. The molecule has 1 unspecified atom stereocenters. The van der Waals surface area contributed by atoms with E-state index >= 15 is 0 Å². The van der Waals surface area contributed by atoms with Crippen molar-refractivity contribution in [2.75, 3.05) is 0 Å². The van der Waals surface area contributed by atoms with Gasteiger partial charge in [-0.1, -0.05) is 29.8 Å². The lowest BCUT2D eigenvalue weighted by Gasteiger charge is -2.15. The molecule has 5 heteroatoms. The minimum absolute atomic E-state index is 0.485. The highest BCUT2D eigenvalue weighted by molar-refractivity contribution is 9.10. The van der Waals surface area contributed by atoms with Crippen LogP contribution in [0.2, 0.25) is 5.02 Å². The highest BCUT2D eigenvalue weighted by atomic mass is 79.9. The molecule has 1 heterocycles. The van der Waals surface area contributed by atoms with Crippen molar-refractivity contribution in [3.8, 4) is 0 Å². The molecule has 20 heavy (non-hydrogen) atoms. The Balaban J connectivity index is 2.32. The van der Waals surface area contributed by atoms with Crippen molar-refractivity contribution in [2.45, 2.75) is 39.8 Å². The SMILES string of the molecule is CCn1nc(C)c(Br)c1CC(O)c1cccc(C)c1Cl. The van der Waals surface area contributed by atoms with Gasteiger partial charge in [0.1, 0.15) is 0 Å². The highest BCUT2D eigenvalue weighted by Gasteiger charge is 2.19. The molecule has 1 aromatic heterocycles. The molecule has 0 radical (unpaired) electrons. The molecule has 2 aromatic rings. The van der Waals surface area contributed by atoms with Crippen LogP contribution in [0.3, 0.4) is 0 Å². The molecular weight excluding hydrogens is 340 g/mol. The number of hydrogen-bond acceptors (Lipinski definition) is 2. The van der Waals surface area contributed by atoms with E-state index in [9.17, 15) is 5.11 Å². The molecule has 3 nitrogen and oxygen atoms in total. The van der Waals surface area contributed by atoms with E-state index < -0.39 is 6.10 Å². The second-order valence-corrected chi connectivity index (χ2v) is 6.03. The average Bonchev–Trinajstić information content (AvgIpc) is 2.69. The van der Waals surface area contributed by atoms with Gasteiger partial charge in [0.2, 0.25) is 0 Å². The molecule has 0 bridgehead atoms. The Hall–Kier alpha value is -0.840. The summed E-state index contributed by atoms with van der Waals surface area (Å²) in [5.74, 6) is 0. The van der Waals surface area contributed by atoms with E-state index in [2.05, 4.69) is 21.0 Å². The summed E-state index contributed by atoms with van der Waals surface area (Å²) >= 11 is 9.83. The maximum atomic E-state index is 10.5. The number of aryl methyl sites for hydroxylation is 3. The van der Waals surface area contributed by atoms with Crippen molar-refractivity contribution in [2.24, 2.45) is 0 Å². The predicted octanol–water partition coefficient (Wildman–Crippen LogP) is 4.21. The number of hydrogen-bond donors (Lipinski definition) is 1. The number of benzene rings is 1. The third kappa shape index (κ3) is 2.92. The monoisotopic (exact) mass is 356 g/mol. The Morgan fingerprint density at radius 3 is 2.75 bits per heavy atom. The quantitative estimate of drug-likeness (QED) is 0.890. The summed E-state index contributed by atoms with van der Waals surface area (Å²) in [6, 6.07) is 5.72. The second-order valence-electron chi connectivity index (χ2n) is 4.86. The number of aliphatic hydroxyl groups excluding tert-OH is 1. The van der Waals surface area contributed by atoms with Crippen molar-refractivity contribution in [3.05, 3.63) is 50.2 Å². The van der Waals surface area contributed by atoms with Gasteiger partial charge in [0, 0.05) is 18.0 Å². The van der Waals surface area contributed by atoms with Gasteiger partial charge in [0.05, 0.1) is 22.0 Å². The molecule has 0 amide bonds. The maximum absolute atomic E-state index is 10.5. The van der Waals surface area contributed by atoms with Gasteiger partial charge in [-0.3, -0.25) is 4.68 Å². The molecule has 0 spiro atoms. The molecule has 1 atom stereocenters. The number of nitrogens with zero attached hydrogens (tertiary/aromatic N) is 2. The Morgan fingerprint density at radius 1 is 1.40 bits per heavy atom.